The maximum absolute atomic E-state index is 10.2. The SMILES string of the molecule is CCCCCCCCCCCCC(=O)[O-].Cc1ccc(C(=O)[O-])cc1.[CH2]CCC.[CH2]CCC.[Sn+2]. The first-order chi connectivity index (χ1) is 15.8. The normalized spacial score (nSPS) is 9.12. The van der Waals surface area contributed by atoms with Crippen LogP contribution in [0, 0.1) is 20.8 Å². The summed E-state index contributed by atoms with van der Waals surface area (Å²) in [6.07, 6.45) is 17.1. The van der Waals surface area contributed by atoms with Crippen LogP contribution >= 0.6 is 0 Å². The van der Waals surface area contributed by atoms with Crippen molar-refractivity contribution in [2.45, 2.75) is 124 Å². The summed E-state index contributed by atoms with van der Waals surface area (Å²) in [4.78, 5) is 20.3. The first-order valence-electron chi connectivity index (χ1n) is 12.9. The van der Waals surface area contributed by atoms with E-state index in [1.165, 1.54) is 76.3 Å². The van der Waals surface area contributed by atoms with E-state index in [0.29, 0.717) is 0 Å². The molecule has 4 nitrogen and oxygen atoms in total. The van der Waals surface area contributed by atoms with Gasteiger partial charge in [0.15, 0.2) is 0 Å². The number of carboxylic acid groups (broad SMARTS) is 2. The molecule has 0 aliphatic carbocycles. The second-order valence-corrected chi connectivity index (χ2v) is 8.16. The fourth-order valence-electron chi connectivity index (χ4n) is 2.45. The van der Waals surface area contributed by atoms with E-state index in [1.807, 2.05) is 6.92 Å². The first kappa shape index (κ1) is 40.1. The molecule has 1 aromatic carbocycles. The van der Waals surface area contributed by atoms with Crippen molar-refractivity contribution in [1.82, 2.24) is 0 Å². The summed E-state index contributed by atoms with van der Waals surface area (Å²) < 4.78 is 0. The van der Waals surface area contributed by atoms with Gasteiger partial charge in [-0.15, -0.1) is 0 Å². The molecule has 34 heavy (non-hydrogen) atoms. The summed E-state index contributed by atoms with van der Waals surface area (Å²) in [6, 6.07) is 6.55. The Balaban J connectivity index is -0.000000203. The van der Waals surface area contributed by atoms with Gasteiger partial charge in [-0.3, -0.25) is 0 Å². The van der Waals surface area contributed by atoms with Gasteiger partial charge in [-0.2, -0.15) is 0 Å². The van der Waals surface area contributed by atoms with Crippen LogP contribution in [0.5, 0.6) is 0 Å². The predicted molar refractivity (Wildman–Crippen MR) is 143 cm³/mol. The van der Waals surface area contributed by atoms with Crippen molar-refractivity contribution in [1.29, 1.82) is 0 Å². The van der Waals surface area contributed by atoms with Gasteiger partial charge in [0, 0.05) is 5.97 Å². The van der Waals surface area contributed by atoms with Gasteiger partial charge in [0.1, 0.15) is 0 Å². The third-order valence-corrected chi connectivity index (χ3v) is 4.73. The molecule has 0 atom stereocenters. The van der Waals surface area contributed by atoms with Crippen LogP contribution in [0.25, 0.3) is 0 Å². The number of rotatable bonds is 14. The van der Waals surface area contributed by atoms with Gasteiger partial charge in [0.25, 0.3) is 0 Å². The fourth-order valence-corrected chi connectivity index (χ4v) is 2.45. The van der Waals surface area contributed by atoms with E-state index in [9.17, 15) is 19.8 Å². The van der Waals surface area contributed by atoms with Crippen LogP contribution in [-0.2, 0) is 4.79 Å². The van der Waals surface area contributed by atoms with Crippen LogP contribution in [0.3, 0.4) is 0 Å². The van der Waals surface area contributed by atoms with Crippen molar-refractivity contribution in [3.8, 4) is 0 Å². The summed E-state index contributed by atoms with van der Waals surface area (Å²) in [5, 5.41) is 20.3. The molecule has 0 N–H and O–H groups in total. The molecule has 0 aliphatic heterocycles. The molecule has 1 aromatic rings. The quantitative estimate of drug-likeness (QED) is 0.192. The Labute approximate surface area is 228 Å². The largest absolute Gasteiger partial charge is 2.00 e. The molecule has 0 spiro atoms. The van der Waals surface area contributed by atoms with Gasteiger partial charge in [-0.1, -0.05) is 148 Å². The van der Waals surface area contributed by atoms with Crippen LogP contribution in [0.4, 0.5) is 0 Å². The maximum Gasteiger partial charge on any atom is 2.00 e. The number of aromatic carboxylic acids is 1. The Morgan fingerprint density at radius 3 is 1.32 bits per heavy atom. The Hall–Kier alpha value is -1.04. The molecule has 0 bridgehead atoms. The minimum absolute atomic E-state index is 0. The number of hydrogen-bond acceptors (Lipinski definition) is 4. The maximum atomic E-state index is 10.2. The van der Waals surface area contributed by atoms with Crippen molar-refractivity contribution < 1.29 is 19.8 Å². The van der Waals surface area contributed by atoms with E-state index >= 15 is 0 Å². The second kappa shape index (κ2) is 34.1. The topological polar surface area (TPSA) is 80.3 Å². The third kappa shape index (κ3) is 38.2. The smallest absolute Gasteiger partial charge is 0.550 e. The number of carbonyl (C=O) groups is 2. The average molecular weight is 581 g/mol. The standard InChI is InChI=1S/C13H26O2.C8H8O2.2C4H9.Sn/c1-2-3-4-5-6-7-8-9-10-11-12-13(14)15;1-6-2-4-7(5-3-6)8(9)10;2*1-3-4-2;/h2-12H2,1H3,(H,14,15);2-5H,1H3,(H,9,10);2*1,3-4H2,2H3;/q;;;;+2/p-2. The van der Waals surface area contributed by atoms with Crippen LogP contribution in [0.1, 0.15) is 133 Å². The van der Waals surface area contributed by atoms with E-state index in [-0.39, 0.29) is 35.9 Å². The molecule has 1 rings (SSSR count). The summed E-state index contributed by atoms with van der Waals surface area (Å²) in [7, 11) is 0. The number of carbonyl (C=O) groups excluding carboxylic acids is 2. The van der Waals surface area contributed by atoms with E-state index in [1.54, 1.807) is 12.1 Å². The minimum atomic E-state index is -1.12. The Bertz CT molecular complexity index is 521. The van der Waals surface area contributed by atoms with E-state index in [4.69, 9.17) is 0 Å². The van der Waals surface area contributed by atoms with Crippen molar-refractivity contribution in [2.24, 2.45) is 0 Å². The number of aryl methyl sites for hydroxylation is 1. The van der Waals surface area contributed by atoms with Crippen LogP contribution in [0.15, 0.2) is 24.3 Å². The van der Waals surface area contributed by atoms with Gasteiger partial charge in [-0.25, -0.2) is 0 Å². The van der Waals surface area contributed by atoms with Gasteiger partial charge in [0.05, 0.1) is 5.97 Å². The van der Waals surface area contributed by atoms with Crippen molar-refractivity contribution in [2.75, 3.05) is 0 Å². The van der Waals surface area contributed by atoms with E-state index in [0.717, 1.165) is 31.2 Å². The van der Waals surface area contributed by atoms with Crippen molar-refractivity contribution >= 4 is 35.8 Å². The minimum Gasteiger partial charge on any atom is -0.550 e. The Kier molecular flexibility index (Phi) is 40.3. The summed E-state index contributed by atoms with van der Waals surface area (Å²) in [5.74, 6) is -2.03. The summed E-state index contributed by atoms with van der Waals surface area (Å²) in [5.41, 5.74) is 1.27. The molecule has 0 aliphatic rings. The third-order valence-electron chi connectivity index (χ3n) is 4.73. The van der Waals surface area contributed by atoms with Crippen LogP contribution in [0.2, 0.25) is 0 Å². The van der Waals surface area contributed by atoms with Crippen molar-refractivity contribution in [3.63, 3.8) is 0 Å². The zero-order chi connectivity index (χ0) is 25.7. The second-order valence-electron chi connectivity index (χ2n) is 8.16. The van der Waals surface area contributed by atoms with Crippen LogP contribution < -0.4 is 10.2 Å². The predicted octanol–water partition coefficient (Wildman–Crippen LogP) is 6.27. The molecular formula is C29H50O4Sn. The van der Waals surface area contributed by atoms with E-state index < -0.39 is 11.9 Å². The van der Waals surface area contributed by atoms with Crippen LogP contribution in [-0.4, -0.2) is 35.8 Å². The number of carboxylic acids is 2. The molecule has 0 unspecified atom stereocenters. The number of benzene rings is 1. The molecule has 0 amide bonds. The number of unbranched alkanes of at least 4 members (excludes halogenated alkanes) is 11. The molecule has 194 valence electrons. The number of hydrogen-bond donors (Lipinski definition) is 0. The molecular weight excluding hydrogens is 531 g/mol. The van der Waals surface area contributed by atoms with Crippen molar-refractivity contribution in [3.05, 3.63) is 49.2 Å². The molecule has 4 radical (unpaired) electrons. The molecule has 0 saturated heterocycles. The van der Waals surface area contributed by atoms with Gasteiger partial charge < -0.3 is 19.8 Å². The number of aliphatic carboxylic acids is 1. The molecule has 0 aromatic heterocycles. The molecule has 5 heteroatoms. The molecule has 0 heterocycles. The molecule has 0 saturated carbocycles. The Morgan fingerprint density at radius 1 is 0.676 bits per heavy atom. The first-order valence-corrected chi connectivity index (χ1v) is 12.9. The average Bonchev–Trinajstić information content (AvgIpc) is 2.81. The summed E-state index contributed by atoms with van der Waals surface area (Å²) in [6.45, 7) is 15.6. The van der Waals surface area contributed by atoms with Gasteiger partial charge in [-0.05, 0) is 25.3 Å². The summed E-state index contributed by atoms with van der Waals surface area (Å²) >= 11 is 0. The van der Waals surface area contributed by atoms with Gasteiger partial charge in [0.2, 0.25) is 0 Å². The van der Waals surface area contributed by atoms with Gasteiger partial charge >= 0.3 is 23.9 Å². The van der Waals surface area contributed by atoms with E-state index in [2.05, 4.69) is 34.6 Å². The fraction of sp³-hybridized carbons (Fsp3) is 0.655. The zero-order valence-corrected chi connectivity index (χ0v) is 25.3. The Morgan fingerprint density at radius 2 is 1.03 bits per heavy atom. The monoisotopic (exact) mass is 582 g/mol. The molecule has 0 fully saturated rings. The zero-order valence-electron chi connectivity index (χ0n) is 22.5.